The van der Waals surface area contributed by atoms with Gasteiger partial charge in [0.15, 0.2) is 17.3 Å². The molecular weight excluding hydrogens is 340 g/mol. The van der Waals surface area contributed by atoms with Crippen LogP contribution in [0.15, 0.2) is 24.3 Å². The summed E-state index contributed by atoms with van der Waals surface area (Å²) in [5.41, 5.74) is 0.857. The number of benzene rings is 2. The van der Waals surface area contributed by atoms with Crippen molar-refractivity contribution in [3.05, 3.63) is 35.4 Å². The highest BCUT2D eigenvalue weighted by atomic mass is 16.5. The standard InChI is InChI=1S/C19H20O7/c1-22-11-7-12(20)18-13(21)9-14(26-15(18)8-11)10-5-16(23-2)19(25-4)17(6-10)24-3/h5-8,14,20H,9H2,1-4H3. The SMILES string of the molecule is COc1cc(O)c2c(c1)OC(c1cc(OC)c(OC)c(OC)c1)CC2=O. The molecule has 7 heteroatoms. The average molecular weight is 360 g/mol. The summed E-state index contributed by atoms with van der Waals surface area (Å²) >= 11 is 0. The molecule has 0 bridgehead atoms. The number of phenols is 1. The molecule has 1 heterocycles. The molecule has 0 amide bonds. The van der Waals surface area contributed by atoms with Crippen molar-refractivity contribution in [1.29, 1.82) is 0 Å². The van der Waals surface area contributed by atoms with Crippen LogP contribution in [0.5, 0.6) is 34.5 Å². The van der Waals surface area contributed by atoms with Crippen molar-refractivity contribution in [2.24, 2.45) is 0 Å². The van der Waals surface area contributed by atoms with Gasteiger partial charge in [-0.2, -0.15) is 0 Å². The van der Waals surface area contributed by atoms with Gasteiger partial charge in [0, 0.05) is 17.7 Å². The molecule has 1 N–H and O–H groups in total. The van der Waals surface area contributed by atoms with E-state index in [4.69, 9.17) is 23.7 Å². The van der Waals surface area contributed by atoms with E-state index >= 15 is 0 Å². The summed E-state index contributed by atoms with van der Waals surface area (Å²) in [5, 5.41) is 10.1. The summed E-state index contributed by atoms with van der Waals surface area (Å²) < 4.78 is 27.1. The van der Waals surface area contributed by atoms with Gasteiger partial charge in [-0.05, 0) is 12.1 Å². The number of carbonyl (C=O) groups is 1. The first-order chi connectivity index (χ1) is 12.5. The molecule has 0 aliphatic carbocycles. The van der Waals surface area contributed by atoms with Crippen molar-refractivity contribution in [2.75, 3.05) is 28.4 Å². The number of Topliss-reactive ketones (excluding diaryl/α,β-unsaturated/α-hetero) is 1. The number of rotatable bonds is 5. The number of phenolic OH excluding ortho intramolecular Hbond substituents is 1. The Kier molecular flexibility index (Phi) is 4.79. The molecule has 1 aliphatic heterocycles. The van der Waals surface area contributed by atoms with Gasteiger partial charge in [0.25, 0.3) is 0 Å². The number of methoxy groups -OCH3 is 4. The van der Waals surface area contributed by atoms with Crippen LogP contribution in [0.25, 0.3) is 0 Å². The van der Waals surface area contributed by atoms with Gasteiger partial charge in [0.1, 0.15) is 28.9 Å². The molecule has 2 aromatic rings. The van der Waals surface area contributed by atoms with E-state index in [1.807, 2.05) is 0 Å². The quantitative estimate of drug-likeness (QED) is 0.877. The van der Waals surface area contributed by atoms with E-state index in [2.05, 4.69) is 0 Å². The molecule has 0 fully saturated rings. The van der Waals surface area contributed by atoms with Crippen LogP contribution in [0.1, 0.15) is 28.4 Å². The number of aromatic hydroxyl groups is 1. The van der Waals surface area contributed by atoms with Gasteiger partial charge in [-0.1, -0.05) is 0 Å². The smallest absolute Gasteiger partial charge is 0.203 e. The fraction of sp³-hybridized carbons (Fsp3) is 0.316. The fourth-order valence-corrected chi connectivity index (χ4v) is 3.01. The van der Waals surface area contributed by atoms with Crippen LogP contribution in [0.4, 0.5) is 0 Å². The molecule has 0 spiro atoms. The maximum Gasteiger partial charge on any atom is 0.203 e. The van der Waals surface area contributed by atoms with E-state index in [9.17, 15) is 9.90 Å². The molecule has 1 unspecified atom stereocenters. The average Bonchev–Trinajstić information content (AvgIpc) is 2.65. The summed E-state index contributed by atoms with van der Waals surface area (Å²) in [6.45, 7) is 0. The first-order valence-electron chi connectivity index (χ1n) is 7.93. The number of hydrogen-bond acceptors (Lipinski definition) is 7. The van der Waals surface area contributed by atoms with Crippen LogP contribution in [-0.2, 0) is 0 Å². The maximum absolute atomic E-state index is 12.6. The monoisotopic (exact) mass is 360 g/mol. The zero-order valence-electron chi connectivity index (χ0n) is 15.0. The van der Waals surface area contributed by atoms with Gasteiger partial charge in [-0.3, -0.25) is 4.79 Å². The Morgan fingerprint density at radius 1 is 0.962 bits per heavy atom. The van der Waals surface area contributed by atoms with E-state index in [1.54, 1.807) is 18.2 Å². The van der Waals surface area contributed by atoms with Crippen molar-refractivity contribution in [1.82, 2.24) is 0 Å². The molecule has 0 saturated carbocycles. The van der Waals surface area contributed by atoms with Crippen molar-refractivity contribution >= 4 is 5.78 Å². The highest BCUT2D eigenvalue weighted by Crippen LogP contribution is 2.45. The lowest BCUT2D eigenvalue weighted by Gasteiger charge is -2.27. The van der Waals surface area contributed by atoms with Gasteiger partial charge < -0.3 is 28.8 Å². The van der Waals surface area contributed by atoms with E-state index in [-0.39, 0.29) is 29.3 Å². The van der Waals surface area contributed by atoms with Crippen molar-refractivity contribution in [3.63, 3.8) is 0 Å². The Morgan fingerprint density at radius 2 is 1.62 bits per heavy atom. The molecule has 26 heavy (non-hydrogen) atoms. The Bertz CT molecular complexity index is 819. The highest BCUT2D eigenvalue weighted by molar-refractivity contribution is 6.02. The summed E-state index contributed by atoms with van der Waals surface area (Å²) in [6.07, 6.45) is -0.485. The second kappa shape index (κ2) is 7.03. The first-order valence-corrected chi connectivity index (χ1v) is 7.93. The molecule has 0 radical (unpaired) electrons. The van der Waals surface area contributed by atoms with Crippen molar-refractivity contribution in [2.45, 2.75) is 12.5 Å². The van der Waals surface area contributed by atoms with Gasteiger partial charge in [-0.25, -0.2) is 0 Å². The topological polar surface area (TPSA) is 83.5 Å². The Balaban J connectivity index is 2.04. The maximum atomic E-state index is 12.6. The van der Waals surface area contributed by atoms with Crippen molar-refractivity contribution < 1.29 is 33.6 Å². The molecular formula is C19H20O7. The molecule has 2 aromatic carbocycles. The van der Waals surface area contributed by atoms with Gasteiger partial charge >= 0.3 is 0 Å². The lowest BCUT2D eigenvalue weighted by atomic mass is 9.95. The third-order valence-corrected chi connectivity index (χ3v) is 4.27. The van der Waals surface area contributed by atoms with E-state index in [0.29, 0.717) is 28.6 Å². The van der Waals surface area contributed by atoms with Crippen LogP contribution in [-0.4, -0.2) is 39.3 Å². The van der Waals surface area contributed by atoms with E-state index in [1.165, 1.54) is 34.5 Å². The molecule has 0 aromatic heterocycles. The molecule has 0 saturated heterocycles. The van der Waals surface area contributed by atoms with Crippen molar-refractivity contribution in [3.8, 4) is 34.5 Å². The Labute approximate surface area is 151 Å². The largest absolute Gasteiger partial charge is 0.507 e. The fourth-order valence-electron chi connectivity index (χ4n) is 3.01. The number of hydrogen-bond donors (Lipinski definition) is 1. The summed E-state index contributed by atoms with van der Waals surface area (Å²) in [4.78, 5) is 12.6. The zero-order valence-corrected chi connectivity index (χ0v) is 15.0. The normalized spacial score (nSPS) is 15.7. The molecule has 7 nitrogen and oxygen atoms in total. The summed E-state index contributed by atoms with van der Waals surface area (Å²) in [5.74, 6) is 1.70. The molecule has 1 atom stereocenters. The molecule has 3 rings (SSSR count). The van der Waals surface area contributed by atoms with Crippen LogP contribution in [0, 0.1) is 0 Å². The number of ketones is 1. The second-order valence-electron chi connectivity index (χ2n) is 5.71. The minimum Gasteiger partial charge on any atom is -0.507 e. The van der Waals surface area contributed by atoms with E-state index < -0.39 is 6.10 Å². The number of carbonyl (C=O) groups excluding carboxylic acids is 1. The van der Waals surface area contributed by atoms with Gasteiger partial charge in [0.05, 0.1) is 34.9 Å². The predicted octanol–water partition coefficient (Wildman–Crippen LogP) is 3.13. The minimum atomic E-state index is -0.560. The van der Waals surface area contributed by atoms with Crippen LogP contribution in [0.2, 0.25) is 0 Å². The third kappa shape index (κ3) is 2.96. The lowest BCUT2D eigenvalue weighted by molar-refractivity contribution is 0.0844. The number of ether oxygens (including phenoxy) is 5. The summed E-state index contributed by atoms with van der Waals surface area (Å²) in [6, 6.07) is 6.45. The van der Waals surface area contributed by atoms with Crippen LogP contribution < -0.4 is 23.7 Å². The lowest BCUT2D eigenvalue weighted by Crippen LogP contribution is -2.20. The molecule has 1 aliphatic rings. The predicted molar refractivity (Wildman–Crippen MR) is 93.1 cm³/mol. The van der Waals surface area contributed by atoms with E-state index in [0.717, 1.165) is 0 Å². The molecule has 138 valence electrons. The first kappa shape index (κ1) is 17.7. The minimum absolute atomic E-state index is 0.0749. The number of fused-ring (bicyclic) bond motifs is 1. The second-order valence-corrected chi connectivity index (χ2v) is 5.71. The van der Waals surface area contributed by atoms with Gasteiger partial charge in [-0.15, -0.1) is 0 Å². The zero-order chi connectivity index (χ0) is 18.8. The van der Waals surface area contributed by atoms with Gasteiger partial charge in [0.2, 0.25) is 5.75 Å². The highest BCUT2D eigenvalue weighted by Gasteiger charge is 2.32. The van der Waals surface area contributed by atoms with Crippen LogP contribution >= 0.6 is 0 Å². The Morgan fingerprint density at radius 3 is 2.15 bits per heavy atom. The Hall–Kier alpha value is -3.09. The van der Waals surface area contributed by atoms with Crippen LogP contribution in [0.3, 0.4) is 0 Å². The summed E-state index contributed by atoms with van der Waals surface area (Å²) in [7, 11) is 6.03. The third-order valence-electron chi connectivity index (χ3n) is 4.27.